The van der Waals surface area contributed by atoms with Crippen molar-refractivity contribution in [3.8, 4) is 0 Å². The van der Waals surface area contributed by atoms with Crippen LogP contribution in [0.5, 0.6) is 0 Å². The Balaban J connectivity index is 4.16. The van der Waals surface area contributed by atoms with Gasteiger partial charge in [-0.25, -0.2) is 0 Å². The molecular weight excluding hydrogens is 745 g/mol. The Kier molecular flexibility index (Phi) is 45.7. The summed E-state index contributed by atoms with van der Waals surface area (Å²) in [5, 5.41) is 0. The lowest BCUT2D eigenvalue weighted by Gasteiger charge is -2.18. The van der Waals surface area contributed by atoms with Crippen LogP contribution < -0.4 is 0 Å². The molecule has 0 N–H and O–H groups in total. The lowest BCUT2D eigenvalue weighted by molar-refractivity contribution is -0.167. The lowest BCUT2D eigenvalue weighted by Crippen LogP contribution is -2.30. The van der Waals surface area contributed by atoms with E-state index in [1.54, 1.807) is 0 Å². The summed E-state index contributed by atoms with van der Waals surface area (Å²) in [6, 6.07) is 0. The minimum Gasteiger partial charge on any atom is -0.462 e. The van der Waals surface area contributed by atoms with Gasteiger partial charge in [-0.15, -0.1) is 0 Å². The summed E-state index contributed by atoms with van der Waals surface area (Å²) in [5.74, 6) is 0.766. The van der Waals surface area contributed by atoms with Gasteiger partial charge in [0.1, 0.15) is 13.2 Å². The molecule has 0 aliphatic carbocycles. The second-order valence-electron chi connectivity index (χ2n) is 19.5. The smallest absolute Gasteiger partial charge is 0.306 e. The Morgan fingerprint density at radius 2 is 0.550 bits per heavy atom. The summed E-state index contributed by atoms with van der Waals surface area (Å²) in [5.41, 5.74) is 0. The van der Waals surface area contributed by atoms with Crippen LogP contribution in [-0.4, -0.2) is 37.2 Å². The summed E-state index contributed by atoms with van der Waals surface area (Å²) in [4.78, 5) is 37.9. The second kappa shape index (κ2) is 46.9. The van der Waals surface area contributed by atoms with Crippen LogP contribution >= 0.6 is 0 Å². The molecule has 0 unspecified atom stereocenters. The van der Waals surface area contributed by atoms with Gasteiger partial charge >= 0.3 is 17.9 Å². The first-order valence-corrected chi connectivity index (χ1v) is 26.7. The fourth-order valence-corrected chi connectivity index (χ4v) is 8.17. The van der Waals surface area contributed by atoms with Crippen molar-refractivity contribution in [2.24, 2.45) is 11.8 Å². The highest BCUT2D eigenvalue weighted by Gasteiger charge is 2.19. The van der Waals surface area contributed by atoms with Crippen molar-refractivity contribution in [2.45, 2.75) is 304 Å². The van der Waals surface area contributed by atoms with E-state index in [1.807, 2.05) is 0 Å². The van der Waals surface area contributed by atoms with Gasteiger partial charge in [0.05, 0.1) is 0 Å². The fraction of sp³-hybridized carbons (Fsp3) is 0.944. The Hall–Kier alpha value is -1.59. The van der Waals surface area contributed by atoms with E-state index in [4.69, 9.17) is 14.2 Å². The Morgan fingerprint density at radius 3 is 0.817 bits per heavy atom. The van der Waals surface area contributed by atoms with Gasteiger partial charge in [0, 0.05) is 19.3 Å². The van der Waals surface area contributed by atoms with Gasteiger partial charge in [0.2, 0.25) is 0 Å². The first-order valence-electron chi connectivity index (χ1n) is 26.7. The lowest BCUT2D eigenvalue weighted by atomic mass is 10.0. The number of hydrogen-bond acceptors (Lipinski definition) is 6. The molecule has 0 fully saturated rings. The predicted molar refractivity (Wildman–Crippen MR) is 256 cm³/mol. The van der Waals surface area contributed by atoms with E-state index in [9.17, 15) is 14.4 Å². The van der Waals surface area contributed by atoms with Crippen molar-refractivity contribution >= 4 is 17.9 Å². The summed E-state index contributed by atoms with van der Waals surface area (Å²) < 4.78 is 16.8. The van der Waals surface area contributed by atoms with Crippen molar-refractivity contribution in [1.82, 2.24) is 0 Å². The Labute approximate surface area is 374 Å². The van der Waals surface area contributed by atoms with Gasteiger partial charge in [0.25, 0.3) is 0 Å². The van der Waals surface area contributed by atoms with Crippen molar-refractivity contribution < 1.29 is 28.6 Å². The second-order valence-corrected chi connectivity index (χ2v) is 19.5. The average Bonchev–Trinajstić information content (AvgIpc) is 3.22. The molecule has 0 aliphatic heterocycles. The number of esters is 3. The third-order valence-corrected chi connectivity index (χ3v) is 12.2. The number of rotatable bonds is 48. The number of carbonyl (C=O) groups excluding carboxylic acids is 3. The zero-order chi connectivity index (χ0) is 44.0. The third kappa shape index (κ3) is 47.5. The molecular formula is C54H104O6. The Morgan fingerprint density at radius 1 is 0.317 bits per heavy atom. The molecule has 6 nitrogen and oxygen atoms in total. The topological polar surface area (TPSA) is 78.9 Å². The maximum Gasteiger partial charge on any atom is 0.306 e. The monoisotopic (exact) mass is 849 g/mol. The predicted octanol–water partition coefficient (Wildman–Crippen LogP) is 17.3. The number of ether oxygens (including phenoxy) is 3. The highest BCUT2D eigenvalue weighted by atomic mass is 16.6. The van der Waals surface area contributed by atoms with Crippen LogP contribution in [0.1, 0.15) is 298 Å². The van der Waals surface area contributed by atoms with Crippen molar-refractivity contribution in [3.63, 3.8) is 0 Å². The van der Waals surface area contributed by atoms with E-state index in [-0.39, 0.29) is 31.1 Å². The molecule has 0 heterocycles. The third-order valence-electron chi connectivity index (χ3n) is 12.2. The Bertz CT molecular complexity index is 916. The van der Waals surface area contributed by atoms with Crippen LogP contribution in [-0.2, 0) is 28.6 Å². The molecule has 0 aromatic rings. The molecule has 60 heavy (non-hydrogen) atoms. The van der Waals surface area contributed by atoms with Crippen molar-refractivity contribution in [1.29, 1.82) is 0 Å². The van der Waals surface area contributed by atoms with Crippen molar-refractivity contribution in [2.75, 3.05) is 13.2 Å². The maximum absolute atomic E-state index is 12.7. The standard InChI is InChI=1S/C54H104O6/c1-6-7-8-9-10-11-12-22-25-28-34-39-44-52(55)58-47-51(60-54(57)46-41-36-31-30-33-38-43-50(4)5)48-59-53(56)45-40-35-29-26-23-20-18-16-14-13-15-17-19-21-24-27-32-37-42-49(2)3/h49-51H,6-48H2,1-5H3/t51-/m0/s1. The number of unbranched alkanes of at least 4 members (excludes halogenated alkanes) is 33. The highest BCUT2D eigenvalue weighted by Crippen LogP contribution is 2.18. The molecule has 0 aromatic heterocycles. The zero-order valence-electron chi connectivity index (χ0n) is 41.1. The summed E-state index contributed by atoms with van der Waals surface area (Å²) in [6.45, 7) is 11.3. The van der Waals surface area contributed by atoms with E-state index in [2.05, 4.69) is 34.6 Å². The normalized spacial score (nSPS) is 12.1. The van der Waals surface area contributed by atoms with E-state index >= 15 is 0 Å². The number of hydrogen-bond donors (Lipinski definition) is 0. The first kappa shape index (κ1) is 58.4. The van der Waals surface area contributed by atoms with Crippen LogP contribution in [0.4, 0.5) is 0 Å². The van der Waals surface area contributed by atoms with Crippen LogP contribution in [0.3, 0.4) is 0 Å². The molecule has 0 aliphatic rings. The van der Waals surface area contributed by atoms with Crippen LogP contribution in [0.15, 0.2) is 0 Å². The fourth-order valence-electron chi connectivity index (χ4n) is 8.17. The molecule has 0 aromatic carbocycles. The molecule has 0 spiro atoms. The van der Waals surface area contributed by atoms with Gasteiger partial charge in [0.15, 0.2) is 6.10 Å². The van der Waals surface area contributed by atoms with Gasteiger partial charge in [-0.3, -0.25) is 14.4 Å². The molecule has 0 rings (SSSR count). The van der Waals surface area contributed by atoms with Crippen molar-refractivity contribution in [3.05, 3.63) is 0 Å². The minimum absolute atomic E-state index is 0.0645. The van der Waals surface area contributed by atoms with Gasteiger partial charge < -0.3 is 14.2 Å². The molecule has 0 saturated heterocycles. The van der Waals surface area contributed by atoms with E-state index in [1.165, 1.54) is 186 Å². The van der Waals surface area contributed by atoms with E-state index in [0.717, 1.165) is 69.6 Å². The minimum atomic E-state index is -0.762. The molecule has 0 radical (unpaired) electrons. The van der Waals surface area contributed by atoms with Crippen LogP contribution in [0.2, 0.25) is 0 Å². The zero-order valence-corrected chi connectivity index (χ0v) is 41.1. The molecule has 1 atom stereocenters. The average molecular weight is 849 g/mol. The molecule has 356 valence electrons. The quantitative estimate of drug-likeness (QED) is 0.0345. The number of carbonyl (C=O) groups is 3. The van der Waals surface area contributed by atoms with Crippen LogP contribution in [0, 0.1) is 11.8 Å². The molecule has 0 saturated carbocycles. The van der Waals surface area contributed by atoms with Gasteiger partial charge in [-0.1, -0.05) is 259 Å². The summed E-state index contributed by atoms with van der Waals surface area (Å²) in [6.07, 6.45) is 48.3. The molecule has 0 bridgehead atoms. The molecule has 0 amide bonds. The highest BCUT2D eigenvalue weighted by molar-refractivity contribution is 5.71. The molecule has 6 heteroatoms. The van der Waals surface area contributed by atoms with E-state index < -0.39 is 6.10 Å². The largest absolute Gasteiger partial charge is 0.462 e. The van der Waals surface area contributed by atoms with Gasteiger partial charge in [-0.05, 0) is 31.1 Å². The summed E-state index contributed by atoms with van der Waals surface area (Å²) in [7, 11) is 0. The van der Waals surface area contributed by atoms with Gasteiger partial charge in [-0.2, -0.15) is 0 Å². The van der Waals surface area contributed by atoms with E-state index in [0.29, 0.717) is 19.3 Å². The van der Waals surface area contributed by atoms with Crippen LogP contribution in [0.25, 0.3) is 0 Å². The summed E-state index contributed by atoms with van der Waals surface area (Å²) >= 11 is 0. The first-order chi connectivity index (χ1) is 29.2. The SMILES string of the molecule is CCCCCCCCCCCCCCC(=O)OC[C@@H](COC(=O)CCCCCCCCCCCCCCCCCCCCC(C)C)OC(=O)CCCCCCCCC(C)C. The maximum atomic E-state index is 12.7.